The Kier molecular flexibility index (Phi) is 7.59. The Balaban J connectivity index is 1.69. The highest BCUT2D eigenvalue weighted by Gasteiger charge is 2.16. The minimum atomic E-state index is -0.298. The lowest BCUT2D eigenvalue weighted by molar-refractivity contribution is -0.122. The molecule has 0 saturated heterocycles. The van der Waals surface area contributed by atoms with E-state index >= 15 is 0 Å². The average Bonchev–Trinajstić information content (AvgIpc) is 2.78. The number of benzene rings is 2. The van der Waals surface area contributed by atoms with Crippen molar-refractivity contribution in [3.8, 4) is 0 Å². The van der Waals surface area contributed by atoms with Gasteiger partial charge in [-0.05, 0) is 48.9 Å². The fourth-order valence-electron chi connectivity index (χ4n) is 2.80. The molecule has 1 atom stereocenters. The van der Waals surface area contributed by atoms with Crippen molar-refractivity contribution < 1.29 is 9.59 Å². The maximum Gasteiger partial charge on any atom is 0.258 e. The zero-order chi connectivity index (χ0) is 21.3. The molecule has 6 nitrogen and oxygen atoms in total. The van der Waals surface area contributed by atoms with Crippen LogP contribution in [0.3, 0.4) is 0 Å². The number of amides is 2. The maximum atomic E-state index is 12.8. The molecular formula is C23H24N4O2S. The first kappa shape index (κ1) is 21.5. The van der Waals surface area contributed by atoms with Crippen molar-refractivity contribution in [2.24, 2.45) is 5.73 Å². The van der Waals surface area contributed by atoms with Crippen LogP contribution >= 0.6 is 11.8 Å². The highest BCUT2D eigenvalue weighted by Crippen LogP contribution is 2.29. The molecule has 0 spiro atoms. The van der Waals surface area contributed by atoms with Crippen LogP contribution in [0.15, 0.2) is 82.8 Å². The van der Waals surface area contributed by atoms with Gasteiger partial charge in [-0.2, -0.15) is 0 Å². The molecule has 1 heterocycles. The van der Waals surface area contributed by atoms with Gasteiger partial charge in [0.05, 0.1) is 11.5 Å². The Labute approximate surface area is 180 Å². The van der Waals surface area contributed by atoms with E-state index < -0.39 is 0 Å². The highest BCUT2D eigenvalue weighted by atomic mass is 32.2. The minimum absolute atomic E-state index is 0.0739. The second-order valence-corrected chi connectivity index (χ2v) is 7.71. The number of hydrogen-bond donors (Lipinski definition) is 3. The number of hydrogen-bond acceptors (Lipinski definition) is 5. The summed E-state index contributed by atoms with van der Waals surface area (Å²) in [5, 5.41) is 6.33. The Morgan fingerprint density at radius 1 is 1.03 bits per heavy atom. The van der Waals surface area contributed by atoms with E-state index in [0.717, 1.165) is 10.5 Å². The standard InChI is InChI=1S/C23H24N4O2S/c1-16(21(28)25-15-13-24)17-9-11-18(12-10-17)27-22(29)20-8-5-14-26-23(20)30-19-6-3-2-4-7-19/h2-12,14,16H,13,15,24H2,1H3,(H,25,28)(H,27,29). The Bertz CT molecular complexity index is 994. The van der Waals surface area contributed by atoms with E-state index in [1.165, 1.54) is 11.8 Å². The normalized spacial score (nSPS) is 11.5. The van der Waals surface area contributed by atoms with E-state index in [1.807, 2.05) is 49.4 Å². The van der Waals surface area contributed by atoms with E-state index in [9.17, 15) is 9.59 Å². The van der Waals surface area contributed by atoms with Crippen LogP contribution in [0.1, 0.15) is 28.8 Å². The van der Waals surface area contributed by atoms with Gasteiger partial charge in [-0.1, -0.05) is 42.1 Å². The third kappa shape index (κ3) is 5.68. The lowest BCUT2D eigenvalue weighted by atomic mass is 10.00. The average molecular weight is 421 g/mol. The van der Waals surface area contributed by atoms with Crippen LogP contribution in [-0.2, 0) is 4.79 Å². The fraction of sp³-hybridized carbons (Fsp3) is 0.174. The molecule has 30 heavy (non-hydrogen) atoms. The molecule has 4 N–H and O–H groups in total. The van der Waals surface area contributed by atoms with E-state index in [1.54, 1.807) is 30.5 Å². The van der Waals surface area contributed by atoms with Gasteiger partial charge in [0.15, 0.2) is 0 Å². The van der Waals surface area contributed by atoms with Crippen molar-refractivity contribution in [2.75, 3.05) is 18.4 Å². The second-order valence-electron chi connectivity index (χ2n) is 6.65. The van der Waals surface area contributed by atoms with Crippen molar-refractivity contribution >= 4 is 29.3 Å². The number of aromatic nitrogens is 1. The topological polar surface area (TPSA) is 97.1 Å². The van der Waals surface area contributed by atoms with Gasteiger partial charge < -0.3 is 16.4 Å². The van der Waals surface area contributed by atoms with Crippen molar-refractivity contribution in [3.63, 3.8) is 0 Å². The molecule has 0 bridgehead atoms. The maximum absolute atomic E-state index is 12.8. The minimum Gasteiger partial charge on any atom is -0.354 e. The van der Waals surface area contributed by atoms with E-state index in [-0.39, 0.29) is 17.7 Å². The molecule has 1 aromatic heterocycles. The molecule has 0 fully saturated rings. The largest absolute Gasteiger partial charge is 0.354 e. The van der Waals surface area contributed by atoms with Gasteiger partial charge in [-0.15, -0.1) is 0 Å². The summed E-state index contributed by atoms with van der Waals surface area (Å²) in [5.74, 6) is -0.605. The number of rotatable bonds is 8. The molecule has 0 radical (unpaired) electrons. The van der Waals surface area contributed by atoms with Gasteiger partial charge in [0, 0.05) is 29.9 Å². The number of nitrogens with two attached hydrogens (primary N) is 1. The van der Waals surface area contributed by atoms with E-state index in [0.29, 0.717) is 29.4 Å². The molecule has 3 rings (SSSR count). The molecule has 2 aromatic carbocycles. The number of pyridine rings is 1. The zero-order valence-corrected chi connectivity index (χ0v) is 17.5. The third-order valence-corrected chi connectivity index (χ3v) is 5.51. The van der Waals surface area contributed by atoms with Crippen LogP contribution in [0.25, 0.3) is 0 Å². The lowest BCUT2D eigenvalue weighted by Crippen LogP contribution is -2.32. The number of nitrogens with one attached hydrogen (secondary N) is 2. The first-order valence-corrected chi connectivity index (χ1v) is 10.5. The molecular weight excluding hydrogens is 396 g/mol. The molecule has 2 amide bonds. The van der Waals surface area contributed by atoms with Crippen molar-refractivity contribution in [1.29, 1.82) is 0 Å². The third-order valence-electron chi connectivity index (χ3n) is 4.48. The summed E-state index contributed by atoms with van der Waals surface area (Å²) < 4.78 is 0. The SMILES string of the molecule is CC(C(=O)NCCN)c1ccc(NC(=O)c2cccnc2Sc2ccccc2)cc1. The Hall–Kier alpha value is -3.16. The second kappa shape index (κ2) is 10.6. The molecule has 7 heteroatoms. The summed E-state index contributed by atoms with van der Waals surface area (Å²) in [5.41, 5.74) is 7.44. The predicted molar refractivity (Wildman–Crippen MR) is 120 cm³/mol. The fourth-order valence-corrected chi connectivity index (χ4v) is 3.70. The van der Waals surface area contributed by atoms with Gasteiger partial charge in [0.2, 0.25) is 5.91 Å². The van der Waals surface area contributed by atoms with Gasteiger partial charge in [0.1, 0.15) is 5.03 Å². The van der Waals surface area contributed by atoms with Gasteiger partial charge >= 0.3 is 0 Å². The first-order valence-electron chi connectivity index (χ1n) is 9.65. The lowest BCUT2D eigenvalue weighted by Gasteiger charge is -2.13. The van der Waals surface area contributed by atoms with Gasteiger partial charge in [-0.25, -0.2) is 4.98 Å². The molecule has 0 aliphatic heterocycles. The summed E-state index contributed by atoms with van der Waals surface area (Å²) in [6, 6.07) is 20.6. The highest BCUT2D eigenvalue weighted by molar-refractivity contribution is 7.99. The van der Waals surface area contributed by atoms with E-state index in [4.69, 9.17) is 5.73 Å². The molecule has 0 saturated carbocycles. The Morgan fingerprint density at radius 2 is 1.77 bits per heavy atom. The summed E-state index contributed by atoms with van der Waals surface area (Å²) in [6.07, 6.45) is 1.67. The van der Waals surface area contributed by atoms with Crippen molar-refractivity contribution in [1.82, 2.24) is 10.3 Å². The molecule has 0 aliphatic rings. The number of carbonyl (C=O) groups is 2. The first-order chi connectivity index (χ1) is 14.6. The molecule has 1 unspecified atom stereocenters. The van der Waals surface area contributed by atoms with Crippen molar-refractivity contribution in [3.05, 3.63) is 84.1 Å². The van der Waals surface area contributed by atoms with Crippen LogP contribution in [0.2, 0.25) is 0 Å². The van der Waals surface area contributed by atoms with Crippen LogP contribution in [0.5, 0.6) is 0 Å². The van der Waals surface area contributed by atoms with Crippen LogP contribution in [0, 0.1) is 0 Å². The van der Waals surface area contributed by atoms with Gasteiger partial charge in [0.25, 0.3) is 5.91 Å². The smallest absolute Gasteiger partial charge is 0.258 e. The summed E-state index contributed by atoms with van der Waals surface area (Å²) in [6.45, 7) is 2.69. The zero-order valence-electron chi connectivity index (χ0n) is 16.7. The van der Waals surface area contributed by atoms with Gasteiger partial charge in [-0.3, -0.25) is 9.59 Å². The summed E-state index contributed by atoms with van der Waals surface area (Å²) in [4.78, 5) is 30.3. The van der Waals surface area contributed by atoms with Crippen LogP contribution in [-0.4, -0.2) is 29.9 Å². The van der Waals surface area contributed by atoms with E-state index in [2.05, 4.69) is 15.6 Å². The number of anilines is 1. The number of nitrogens with zero attached hydrogens (tertiary/aromatic N) is 1. The summed E-state index contributed by atoms with van der Waals surface area (Å²) >= 11 is 1.44. The monoisotopic (exact) mass is 420 g/mol. The predicted octanol–water partition coefficient (Wildman–Crippen LogP) is 3.66. The van der Waals surface area contributed by atoms with Crippen molar-refractivity contribution in [2.45, 2.75) is 22.8 Å². The quantitative estimate of drug-likeness (QED) is 0.517. The summed E-state index contributed by atoms with van der Waals surface area (Å²) in [7, 11) is 0. The van der Waals surface area contributed by atoms with Crippen LogP contribution < -0.4 is 16.4 Å². The van der Waals surface area contributed by atoms with Crippen LogP contribution in [0.4, 0.5) is 5.69 Å². The number of carbonyl (C=O) groups excluding carboxylic acids is 2. The molecule has 154 valence electrons. The molecule has 0 aliphatic carbocycles. The Morgan fingerprint density at radius 3 is 2.47 bits per heavy atom. The molecule has 3 aromatic rings.